The van der Waals surface area contributed by atoms with Gasteiger partial charge in [0.05, 0.1) is 5.41 Å². The maximum atomic E-state index is 12.4. The molecule has 21 heavy (non-hydrogen) atoms. The number of hydrogen-bond acceptors (Lipinski definition) is 2. The molecule has 0 spiro atoms. The van der Waals surface area contributed by atoms with E-state index in [1.54, 1.807) is 4.90 Å². The van der Waals surface area contributed by atoms with Crippen molar-refractivity contribution in [3.63, 3.8) is 0 Å². The van der Waals surface area contributed by atoms with E-state index in [-0.39, 0.29) is 18.0 Å². The summed E-state index contributed by atoms with van der Waals surface area (Å²) >= 11 is 0. The quantitative estimate of drug-likeness (QED) is 0.769. The first-order valence-corrected chi connectivity index (χ1v) is 8.41. The van der Waals surface area contributed by atoms with Gasteiger partial charge in [0.1, 0.15) is 0 Å². The lowest BCUT2D eigenvalue weighted by Gasteiger charge is -2.25. The number of carbonyl (C=O) groups excluding carboxylic acids is 1. The summed E-state index contributed by atoms with van der Waals surface area (Å²) in [6.45, 7) is 1.01. The lowest BCUT2D eigenvalue weighted by Crippen LogP contribution is -2.45. The van der Waals surface area contributed by atoms with Crippen molar-refractivity contribution in [1.29, 1.82) is 0 Å². The molecule has 2 aliphatic carbocycles. The number of rotatable bonds is 2. The van der Waals surface area contributed by atoms with Gasteiger partial charge in [-0.25, -0.2) is 4.79 Å². The van der Waals surface area contributed by atoms with E-state index in [0.717, 1.165) is 32.1 Å². The number of aliphatic carboxylic acids is 1. The molecular weight excluding hydrogens is 268 g/mol. The molecule has 2 N–H and O–H groups in total. The Morgan fingerprint density at radius 1 is 1.05 bits per heavy atom. The van der Waals surface area contributed by atoms with Gasteiger partial charge in [-0.3, -0.25) is 4.79 Å². The van der Waals surface area contributed by atoms with E-state index in [0.29, 0.717) is 13.1 Å². The van der Waals surface area contributed by atoms with Gasteiger partial charge in [0.25, 0.3) is 0 Å². The van der Waals surface area contributed by atoms with Crippen LogP contribution >= 0.6 is 0 Å². The fourth-order valence-corrected chi connectivity index (χ4v) is 4.48. The molecule has 0 aromatic rings. The zero-order valence-electron chi connectivity index (χ0n) is 12.6. The number of hydrogen-bond donors (Lipinski definition) is 2. The molecule has 2 amide bonds. The zero-order valence-corrected chi connectivity index (χ0v) is 12.6. The summed E-state index contributed by atoms with van der Waals surface area (Å²) in [5.74, 6) is -0.565. The van der Waals surface area contributed by atoms with Crippen LogP contribution in [0.5, 0.6) is 0 Å². The number of carboxylic acid groups (broad SMARTS) is 1. The number of carbonyl (C=O) groups is 2. The second-order valence-electron chi connectivity index (χ2n) is 7.07. The van der Waals surface area contributed by atoms with Crippen LogP contribution in [0.2, 0.25) is 0 Å². The monoisotopic (exact) mass is 294 g/mol. The fourth-order valence-electron chi connectivity index (χ4n) is 4.48. The van der Waals surface area contributed by atoms with Crippen LogP contribution in [0.3, 0.4) is 0 Å². The van der Waals surface area contributed by atoms with E-state index in [2.05, 4.69) is 5.32 Å². The Hall–Kier alpha value is -1.26. The topological polar surface area (TPSA) is 69.6 Å². The Bertz CT molecular complexity index is 418. The second kappa shape index (κ2) is 5.85. The Morgan fingerprint density at radius 3 is 2.38 bits per heavy atom. The highest BCUT2D eigenvalue weighted by atomic mass is 16.4. The largest absolute Gasteiger partial charge is 0.481 e. The normalized spacial score (nSPS) is 33.5. The molecule has 118 valence electrons. The third-order valence-electron chi connectivity index (χ3n) is 5.77. The van der Waals surface area contributed by atoms with Crippen LogP contribution in [0.25, 0.3) is 0 Å². The minimum Gasteiger partial charge on any atom is -0.481 e. The first-order valence-electron chi connectivity index (χ1n) is 8.41. The van der Waals surface area contributed by atoms with Gasteiger partial charge in [0.2, 0.25) is 0 Å². The third kappa shape index (κ3) is 2.74. The number of amides is 2. The van der Waals surface area contributed by atoms with Gasteiger partial charge < -0.3 is 15.3 Å². The molecule has 5 heteroatoms. The standard InChI is InChI=1S/C16H26N2O3/c19-14(20)16-9-5-6-12(16)10-18(11-16)15(21)17-13-7-3-1-2-4-8-13/h12-13H,1-11H2,(H,17,21)(H,19,20)/t12-,16+/m0/s1. The van der Waals surface area contributed by atoms with Gasteiger partial charge in [-0.15, -0.1) is 0 Å². The van der Waals surface area contributed by atoms with Crippen molar-refractivity contribution in [3.8, 4) is 0 Å². The highest BCUT2D eigenvalue weighted by Crippen LogP contribution is 2.48. The predicted octanol–water partition coefficient (Wildman–Crippen LogP) is 2.61. The first kappa shape index (κ1) is 14.7. The van der Waals surface area contributed by atoms with Gasteiger partial charge in [0, 0.05) is 19.1 Å². The summed E-state index contributed by atoms with van der Waals surface area (Å²) in [7, 11) is 0. The second-order valence-corrected chi connectivity index (χ2v) is 7.07. The molecule has 1 heterocycles. The first-order chi connectivity index (χ1) is 10.1. The van der Waals surface area contributed by atoms with Gasteiger partial charge >= 0.3 is 12.0 Å². The van der Waals surface area contributed by atoms with Crippen molar-refractivity contribution in [2.24, 2.45) is 11.3 Å². The minimum atomic E-state index is -0.713. The van der Waals surface area contributed by atoms with Crippen molar-refractivity contribution < 1.29 is 14.7 Å². The Labute approximate surface area is 126 Å². The number of urea groups is 1. The van der Waals surface area contributed by atoms with Gasteiger partial charge in [-0.05, 0) is 31.6 Å². The average molecular weight is 294 g/mol. The van der Waals surface area contributed by atoms with E-state index in [1.807, 2.05) is 0 Å². The van der Waals surface area contributed by atoms with E-state index in [4.69, 9.17) is 0 Å². The molecular formula is C16H26N2O3. The van der Waals surface area contributed by atoms with Crippen molar-refractivity contribution in [3.05, 3.63) is 0 Å². The van der Waals surface area contributed by atoms with E-state index < -0.39 is 11.4 Å². The van der Waals surface area contributed by atoms with Crippen LogP contribution in [0.15, 0.2) is 0 Å². The summed E-state index contributed by atoms with van der Waals surface area (Å²) in [5, 5.41) is 12.7. The van der Waals surface area contributed by atoms with Crippen molar-refractivity contribution in [2.45, 2.75) is 63.8 Å². The van der Waals surface area contributed by atoms with Gasteiger partial charge in [0.15, 0.2) is 0 Å². The third-order valence-corrected chi connectivity index (χ3v) is 5.77. The number of likely N-dealkylation sites (tertiary alicyclic amines) is 1. The number of fused-ring (bicyclic) bond motifs is 1. The average Bonchev–Trinajstić information content (AvgIpc) is 2.90. The van der Waals surface area contributed by atoms with Crippen LogP contribution in [0, 0.1) is 11.3 Å². The summed E-state index contributed by atoms with van der Waals surface area (Å²) < 4.78 is 0. The molecule has 2 saturated carbocycles. The predicted molar refractivity (Wildman–Crippen MR) is 79.0 cm³/mol. The fraction of sp³-hybridized carbons (Fsp3) is 0.875. The van der Waals surface area contributed by atoms with Crippen LogP contribution < -0.4 is 5.32 Å². The number of nitrogens with zero attached hydrogens (tertiary/aromatic N) is 1. The van der Waals surface area contributed by atoms with Crippen LogP contribution in [0.1, 0.15) is 57.8 Å². The Balaban J connectivity index is 1.60. The maximum Gasteiger partial charge on any atom is 0.317 e. The van der Waals surface area contributed by atoms with Crippen molar-refractivity contribution in [1.82, 2.24) is 10.2 Å². The SMILES string of the molecule is O=C(NC1CCCCCC1)N1C[C@@H]2CCC[C@@]2(C(=O)O)C1. The van der Waals surface area contributed by atoms with Crippen molar-refractivity contribution >= 4 is 12.0 Å². The molecule has 3 aliphatic rings. The number of carboxylic acids is 1. The highest BCUT2D eigenvalue weighted by molar-refractivity contribution is 5.80. The van der Waals surface area contributed by atoms with Crippen molar-refractivity contribution in [2.75, 3.05) is 13.1 Å². The van der Waals surface area contributed by atoms with E-state index in [9.17, 15) is 14.7 Å². The summed E-state index contributed by atoms with van der Waals surface area (Å²) in [5.41, 5.74) is -0.666. The Morgan fingerprint density at radius 2 is 1.76 bits per heavy atom. The summed E-state index contributed by atoms with van der Waals surface area (Å²) in [6.07, 6.45) is 9.68. The minimum absolute atomic E-state index is 0.0445. The molecule has 0 bridgehead atoms. The molecule has 1 aliphatic heterocycles. The van der Waals surface area contributed by atoms with Crippen LogP contribution in [-0.2, 0) is 4.79 Å². The van der Waals surface area contributed by atoms with E-state index in [1.165, 1.54) is 25.7 Å². The molecule has 1 saturated heterocycles. The smallest absolute Gasteiger partial charge is 0.317 e. The maximum absolute atomic E-state index is 12.4. The van der Waals surface area contributed by atoms with Crippen LogP contribution in [0.4, 0.5) is 4.79 Å². The molecule has 0 unspecified atom stereocenters. The Kier molecular flexibility index (Phi) is 4.09. The molecule has 3 rings (SSSR count). The van der Waals surface area contributed by atoms with E-state index >= 15 is 0 Å². The lowest BCUT2D eigenvalue weighted by atomic mass is 9.81. The molecule has 0 radical (unpaired) electrons. The molecule has 3 fully saturated rings. The summed E-state index contributed by atoms with van der Waals surface area (Å²) in [4.78, 5) is 25.8. The van der Waals surface area contributed by atoms with Gasteiger partial charge in [-0.2, -0.15) is 0 Å². The summed E-state index contributed by atoms with van der Waals surface area (Å²) in [6, 6.07) is 0.234. The van der Waals surface area contributed by atoms with Crippen LogP contribution in [-0.4, -0.2) is 41.1 Å². The molecule has 2 atom stereocenters. The molecule has 0 aromatic carbocycles. The lowest BCUT2D eigenvalue weighted by molar-refractivity contribution is -0.149. The highest BCUT2D eigenvalue weighted by Gasteiger charge is 2.55. The zero-order chi connectivity index (χ0) is 14.9. The molecule has 5 nitrogen and oxygen atoms in total. The van der Waals surface area contributed by atoms with Gasteiger partial charge in [-0.1, -0.05) is 32.1 Å². The molecule has 0 aromatic heterocycles. The number of nitrogens with one attached hydrogen (secondary N) is 1.